The molecule has 1 aliphatic heterocycles. The Morgan fingerprint density at radius 1 is 1.19 bits per heavy atom. The van der Waals surface area contributed by atoms with Crippen LogP contribution in [0, 0.1) is 0 Å². The Labute approximate surface area is 180 Å². The summed E-state index contributed by atoms with van der Waals surface area (Å²) in [6.07, 6.45) is -3.41. The highest BCUT2D eigenvalue weighted by molar-refractivity contribution is 6.30. The van der Waals surface area contributed by atoms with Gasteiger partial charge in [-0.05, 0) is 50.1 Å². The topological polar surface area (TPSA) is 54.5 Å². The lowest BCUT2D eigenvalue weighted by molar-refractivity contribution is -0.141. The minimum Gasteiger partial charge on any atom is -0.435 e. The number of carbonyl (C=O) groups excluding carboxylic acids is 1. The standard InChI is InChI=1S/C20H19ClF5N3O2/c1-11(14-8-9-16(20(24,25)26)28-17(14)21)27-15-3-2-10-29(18(15)30)12-4-6-13(7-5-12)31-19(22)23/h4-9,11,15,19,27H,2-3,10H2,1H3. The lowest BCUT2D eigenvalue weighted by Gasteiger charge is -2.34. The number of benzene rings is 1. The number of nitrogens with zero attached hydrogens (tertiary/aromatic N) is 2. The number of halogens is 6. The van der Waals surface area contributed by atoms with Crippen molar-refractivity contribution >= 4 is 23.2 Å². The maximum absolute atomic E-state index is 12.9. The number of aromatic nitrogens is 1. The molecule has 0 saturated carbocycles. The van der Waals surface area contributed by atoms with E-state index in [1.54, 1.807) is 6.92 Å². The zero-order chi connectivity index (χ0) is 22.8. The molecule has 168 valence electrons. The Kier molecular flexibility index (Phi) is 7.00. The van der Waals surface area contributed by atoms with Crippen LogP contribution in [0.1, 0.15) is 37.1 Å². The third-order valence-electron chi connectivity index (χ3n) is 4.90. The number of amides is 1. The Balaban J connectivity index is 1.70. The molecular formula is C20H19ClF5N3O2. The predicted molar refractivity (Wildman–Crippen MR) is 104 cm³/mol. The van der Waals surface area contributed by atoms with Gasteiger partial charge in [0, 0.05) is 23.8 Å². The van der Waals surface area contributed by atoms with Crippen LogP contribution in [0.25, 0.3) is 0 Å². The Morgan fingerprint density at radius 2 is 1.87 bits per heavy atom. The van der Waals surface area contributed by atoms with Crippen molar-refractivity contribution in [3.05, 3.63) is 52.8 Å². The summed E-state index contributed by atoms with van der Waals surface area (Å²) in [4.78, 5) is 17.9. The molecule has 0 aliphatic carbocycles. The molecule has 2 unspecified atom stereocenters. The molecule has 3 rings (SSSR count). The van der Waals surface area contributed by atoms with Gasteiger partial charge in [-0.3, -0.25) is 10.1 Å². The fourth-order valence-corrected chi connectivity index (χ4v) is 3.73. The van der Waals surface area contributed by atoms with E-state index in [9.17, 15) is 26.7 Å². The van der Waals surface area contributed by atoms with Gasteiger partial charge in [0.15, 0.2) is 0 Å². The predicted octanol–water partition coefficient (Wildman–Crippen LogP) is 5.20. The van der Waals surface area contributed by atoms with Crippen LogP contribution in [-0.2, 0) is 11.0 Å². The van der Waals surface area contributed by atoms with Gasteiger partial charge >= 0.3 is 12.8 Å². The molecule has 2 aromatic rings. The molecule has 1 N–H and O–H groups in total. The quantitative estimate of drug-likeness (QED) is 0.472. The summed E-state index contributed by atoms with van der Waals surface area (Å²) >= 11 is 5.95. The number of hydrogen-bond donors (Lipinski definition) is 1. The van der Waals surface area contributed by atoms with E-state index in [1.165, 1.54) is 35.2 Å². The van der Waals surface area contributed by atoms with Crippen molar-refractivity contribution in [3.63, 3.8) is 0 Å². The van der Waals surface area contributed by atoms with E-state index < -0.39 is 30.6 Å². The molecule has 2 atom stereocenters. The van der Waals surface area contributed by atoms with Crippen molar-refractivity contribution < 1.29 is 31.5 Å². The lowest BCUT2D eigenvalue weighted by Crippen LogP contribution is -2.51. The second-order valence-electron chi connectivity index (χ2n) is 7.02. The molecule has 1 aromatic heterocycles. The van der Waals surface area contributed by atoms with E-state index in [-0.39, 0.29) is 16.8 Å². The molecule has 1 saturated heterocycles. The number of pyridine rings is 1. The van der Waals surface area contributed by atoms with E-state index in [4.69, 9.17) is 11.6 Å². The first-order chi connectivity index (χ1) is 14.6. The molecule has 11 heteroatoms. The van der Waals surface area contributed by atoms with Gasteiger partial charge in [-0.2, -0.15) is 22.0 Å². The molecular weight excluding hydrogens is 445 g/mol. The maximum atomic E-state index is 12.9. The molecule has 5 nitrogen and oxygen atoms in total. The van der Waals surface area contributed by atoms with Crippen LogP contribution in [0.2, 0.25) is 5.15 Å². The molecule has 1 fully saturated rings. The highest BCUT2D eigenvalue weighted by atomic mass is 35.5. The highest BCUT2D eigenvalue weighted by Gasteiger charge is 2.34. The van der Waals surface area contributed by atoms with Crippen molar-refractivity contribution in [1.29, 1.82) is 0 Å². The van der Waals surface area contributed by atoms with E-state index in [1.807, 2.05) is 0 Å². The largest absolute Gasteiger partial charge is 0.435 e. The number of ether oxygens (including phenoxy) is 1. The van der Waals surface area contributed by atoms with Crippen LogP contribution < -0.4 is 15.0 Å². The molecule has 1 aromatic carbocycles. The molecule has 0 bridgehead atoms. The van der Waals surface area contributed by atoms with Gasteiger partial charge in [0.1, 0.15) is 16.6 Å². The summed E-state index contributed by atoms with van der Waals surface area (Å²) in [6.45, 7) is -0.814. The minimum atomic E-state index is -4.60. The Hall–Kier alpha value is -2.46. The molecule has 0 spiro atoms. The smallest absolute Gasteiger partial charge is 0.433 e. The van der Waals surface area contributed by atoms with Gasteiger partial charge < -0.3 is 9.64 Å². The first kappa shape index (κ1) is 23.2. The number of piperidine rings is 1. The molecule has 1 amide bonds. The SMILES string of the molecule is CC(NC1CCCN(c2ccc(OC(F)F)cc2)C1=O)c1ccc(C(F)(F)F)nc1Cl. The summed E-state index contributed by atoms with van der Waals surface area (Å²) < 4.78 is 67.3. The summed E-state index contributed by atoms with van der Waals surface area (Å²) in [7, 11) is 0. The summed E-state index contributed by atoms with van der Waals surface area (Å²) in [5.41, 5.74) is -0.222. The van der Waals surface area contributed by atoms with Crippen LogP contribution in [-0.4, -0.2) is 30.1 Å². The van der Waals surface area contributed by atoms with Crippen LogP contribution >= 0.6 is 11.6 Å². The first-order valence-electron chi connectivity index (χ1n) is 9.42. The van der Waals surface area contributed by atoms with Gasteiger partial charge in [0.2, 0.25) is 5.91 Å². The van der Waals surface area contributed by atoms with Crippen LogP contribution in [0.4, 0.5) is 27.6 Å². The highest BCUT2D eigenvalue weighted by Crippen LogP contribution is 2.32. The first-order valence-corrected chi connectivity index (χ1v) is 9.80. The summed E-state index contributed by atoms with van der Waals surface area (Å²) in [5, 5.41) is 2.81. The maximum Gasteiger partial charge on any atom is 0.433 e. The normalized spacial score (nSPS) is 18.4. The van der Waals surface area contributed by atoms with Crippen molar-refractivity contribution in [1.82, 2.24) is 10.3 Å². The number of alkyl halides is 5. The Bertz CT molecular complexity index is 924. The second-order valence-corrected chi connectivity index (χ2v) is 7.38. The van der Waals surface area contributed by atoms with Crippen molar-refractivity contribution in [2.24, 2.45) is 0 Å². The van der Waals surface area contributed by atoms with Gasteiger partial charge in [0.05, 0.1) is 6.04 Å². The van der Waals surface area contributed by atoms with Crippen molar-refractivity contribution in [3.8, 4) is 5.75 Å². The number of rotatable bonds is 6. The number of anilines is 1. The zero-order valence-electron chi connectivity index (χ0n) is 16.3. The molecule has 0 radical (unpaired) electrons. The van der Waals surface area contributed by atoms with Crippen LogP contribution in [0.5, 0.6) is 5.75 Å². The summed E-state index contributed by atoms with van der Waals surface area (Å²) in [6, 6.07) is 6.68. The van der Waals surface area contributed by atoms with Gasteiger partial charge in [-0.25, -0.2) is 4.98 Å². The average Bonchev–Trinajstić information content (AvgIpc) is 2.69. The van der Waals surface area contributed by atoms with E-state index in [0.717, 1.165) is 6.07 Å². The number of carbonyl (C=O) groups is 1. The fourth-order valence-electron chi connectivity index (χ4n) is 3.41. The molecule has 1 aliphatic rings. The van der Waals surface area contributed by atoms with Crippen LogP contribution in [0.3, 0.4) is 0 Å². The van der Waals surface area contributed by atoms with Gasteiger partial charge in [0.25, 0.3) is 0 Å². The second kappa shape index (κ2) is 9.35. The van der Waals surface area contributed by atoms with Crippen molar-refractivity contribution in [2.45, 2.75) is 44.6 Å². The van der Waals surface area contributed by atoms with Crippen molar-refractivity contribution in [2.75, 3.05) is 11.4 Å². The van der Waals surface area contributed by atoms with E-state index in [2.05, 4.69) is 15.0 Å². The molecule has 2 heterocycles. The monoisotopic (exact) mass is 463 g/mol. The number of nitrogens with one attached hydrogen (secondary N) is 1. The average molecular weight is 464 g/mol. The Morgan fingerprint density at radius 3 is 2.45 bits per heavy atom. The lowest BCUT2D eigenvalue weighted by atomic mass is 10.0. The van der Waals surface area contributed by atoms with E-state index >= 15 is 0 Å². The fraction of sp³-hybridized carbons (Fsp3) is 0.400. The van der Waals surface area contributed by atoms with Crippen LogP contribution in [0.15, 0.2) is 36.4 Å². The van der Waals surface area contributed by atoms with E-state index in [0.29, 0.717) is 30.6 Å². The third kappa shape index (κ3) is 5.62. The van der Waals surface area contributed by atoms with Gasteiger partial charge in [-0.15, -0.1) is 0 Å². The molecule has 31 heavy (non-hydrogen) atoms. The van der Waals surface area contributed by atoms with Gasteiger partial charge in [-0.1, -0.05) is 17.7 Å². The zero-order valence-corrected chi connectivity index (χ0v) is 17.1. The third-order valence-corrected chi connectivity index (χ3v) is 5.20. The summed E-state index contributed by atoms with van der Waals surface area (Å²) in [5.74, 6) is -0.257. The number of hydrogen-bond acceptors (Lipinski definition) is 4. The minimum absolute atomic E-state index is 0.0176.